The summed E-state index contributed by atoms with van der Waals surface area (Å²) in [5.41, 5.74) is 3.05. The molecule has 6 heteroatoms. The van der Waals surface area contributed by atoms with Gasteiger partial charge in [0.25, 0.3) is 0 Å². The number of H-pyrrole nitrogens is 1. The molecular weight excluding hydrogens is 441 g/mol. The van der Waals surface area contributed by atoms with Crippen molar-refractivity contribution in [3.05, 3.63) is 51.4 Å². The summed E-state index contributed by atoms with van der Waals surface area (Å²) in [4.78, 5) is 7.69. The van der Waals surface area contributed by atoms with Crippen LogP contribution in [0.3, 0.4) is 0 Å². The van der Waals surface area contributed by atoms with Crippen molar-refractivity contribution in [1.29, 1.82) is 5.26 Å². The van der Waals surface area contributed by atoms with E-state index in [0.29, 0.717) is 23.8 Å². The molecule has 1 aromatic heterocycles. The first kappa shape index (κ1) is 18.3. The number of hydrogen-bond acceptors (Lipinski definition) is 4. The van der Waals surface area contributed by atoms with Crippen molar-refractivity contribution < 1.29 is 9.47 Å². The zero-order valence-electron chi connectivity index (χ0n) is 14.5. The molecule has 2 aromatic carbocycles. The van der Waals surface area contributed by atoms with Gasteiger partial charge in [0.2, 0.25) is 0 Å². The summed E-state index contributed by atoms with van der Waals surface area (Å²) in [5, 5.41) is 9.60. The van der Waals surface area contributed by atoms with Crippen LogP contribution in [0, 0.1) is 14.9 Å². The van der Waals surface area contributed by atoms with Crippen LogP contribution in [0.25, 0.3) is 22.7 Å². The van der Waals surface area contributed by atoms with Crippen molar-refractivity contribution in [2.24, 2.45) is 0 Å². The largest absolute Gasteiger partial charge is 0.493 e. The SMILES string of the molecule is CCCOc1c(I)cc(/C=C(/C#N)c2nc3ccccc3[nH]2)cc1OC. The number of methoxy groups -OCH3 is 1. The number of rotatable bonds is 6. The van der Waals surface area contributed by atoms with Gasteiger partial charge in [-0.05, 0) is 64.9 Å². The third-order valence-electron chi connectivity index (χ3n) is 3.78. The minimum absolute atomic E-state index is 0.460. The van der Waals surface area contributed by atoms with E-state index < -0.39 is 0 Å². The van der Waals surface area contributed by atoms with Gasteiger partial charge in [0.05, 0.1) is 33.9 Å². The Balaban J connectivity index is 2.01. The highest BCUT2D eigenvalue weighted by Gasteiger charge is 2.13. The standard InChI is InChI=1S/C20H18IN3O2/c1-3-8-26-19-15(21)10-13(11-18(19)25-2)9-14(12-22)20-23-16-6-4-5-7-17(16)24-20/h4-7,9-11H,3,8H2,1-2H3,(H,23,24)/b14-9-. The van der Waals surface area contributed by atoms with Crippen molar-refractivity contribution in [2.45, 2.75) is 13.3 Å². The molecule has 1 heterocycles. The number of fused-ring (bicyclic) bond motifs is 1. The monoisotopic (exact) mass is 459 g/mol. The first-order valence-electron chi connectivity index (χ1n) is 8.23. The first-order chi connectivity index (χ1) is 12.7. The van der Waals surface area contributed by atoms with E-state index in [1.54, 1.807) is 13.2 Å². The molecule has 26 heavy (non-hydrogen) atoms. The molecule has 0 spiro atoms. The fourth-order valence-corrected chi connectivity index (χ4v) is 3.35. The molecule has 0 amide bonds. The number of hydrogen-bond donors (Lipinski definition) is 1. The maximum Gasteiger partial charge on any atom is 0.174 e. The minimum atomic E-state index is 0.460. The zero-order chi connectivity index (χ0) is 18.5. The second-order valence-electron chi connectivity index (χ2n) is 5.65. The van der Waals surface area contributed by atoms with Gasteiger partial charge >= 0.3 is 0 Å². The van der Waals surface area contributed by atoms with Gasteiger partial charge in [0, 0.05) is 0 Å². The van der Waals surface area contributed by atoms with E-state index in [0.717, 1.165) is 32.3 Å². The Morgan fingerprint density at radius 1 is 1.35 bits per heavy atom. The molecule has 3 aromatic rings. The molecule has 5 nitrogen and oxygen atoms in total. The number of benzene rings is 2. The van der Waals surface area contributed by atoms with Crippen LogP contribution in [0.4, 0.5) is 0 Å². The van der Waals surface area contributed by atoms with Crippen LogP contribution >= 0.6 is 22.6 Å². The summed E-state index contributed by atoms with van der Waals surface area (Å²) in [6.45, 7) is 2.69. The number of nitriles is 1. The molecule has 0 radical (unpaired) electrons. The van der Waals surface area contributed by atoms with Gasteiger partial charge in [0.15, 0.2) is 11.5 Å². The third kappa shape index (κ3) is 3.83. The number of imidazole rings is 1. The number of halogens is 1. The van der Waals surface area contributed by atoms with Gasteiger partial charge in [0.1, 0.15) is 11.9 Å². The van der Waals surface area contributed by atoms with Crippen LogP contribution in [-0.4, -0.2) is 23.7 Å². The lowest BCUT2D eigenvalue weighted by Gasteiger charge is -2.13. The van der Waals surface area contributed by atoms with Crippen molar-refractivity contribution in [2.75, 3.05) is 13.7 Å². The van der Waals surface area contributed by atoms with Gasteiger partial charge < -0.3 is 14.5 Å². The maximum absolute atomic E-state index is 9.60. The van der Waals surface area contributed by atoms with E-state index in [9.17, 15) is 5.26 Å². The van der Waals surface area contributed by atoms with Gasteiger partial charge in [-0.3, -0.25) is 0 Å². The third-order valence-corrected chi connectivity index (χ3v) is 4.58. The summed E-state index contributed by atoms with van der Waals surface area (Å²) in [6, 6.07) is 13.8. The number of para-hydroxylation sites is 2. The molecule has 0 aliphatic rings. The van der Waals surface area contributed by atoms with Gasteiger partial charge in [-0.15, -0.1) is 0 Å². The van der Waals surface area contributed by atoms with Crippen molar-refractivity contribution in [1.82, 2.24) is 9.97 Å². The Hall–Kier alpha value is -2.53. The molecule has 0 saturated carbocycles. The van der Waals surface area contributed by atoms with Crippen molar-refractivity contribution >= 4 is 45.3 Å². The molecule has 0 bridgehead atoms. The van der Waals surface area contributed by atoms with E-state index in [2.05, 4.69) is 45.6 Å². The van der Waals surface area contributed by atoms with E-state index >= 15 is 0 Å². The van der Waals surface area contributed by atoms with Gasteiger partial charge in [-0.25, -0.2) is 4.98 Å². The normalized spacial score (nSPS) is 11.4. The Bertz CT molecular complexity index is 969. The molecule has 0 aliphatic carbocycles. The topological polar surface area (TPSA) is 70.9 Å². The quantitative estimate of drug-likeness (QED) is 0.415. The Kier molecular flexibility index (Phi) is 5.78. The molecular formula is C20H18IN3O2. The molecule has 0 aliphatic heterocycles. The summed E-state index contributed by atoms with van der Waals surface area (Å²) < 4.78 is 12.2. The Morgan fingerprint density at radius 3 is 2.85 bits per heavy atom. The van der Waals surface area contributed by atoms with Gasteiger partial charge in [-0.2, -0.15) is 5.26 Å². The molecule has 0 fully saturated rings. The first-order valence-corrected chi connectivity index (χ1v) is 9.31. The van der Waals surface area contributed by atoms with E-state index in [-0.39, 0.29) is 0 Å². The lowest BCUT2D eigenvalue weighted by Crippen LogP contribution is -2.00. The number of nitrogens with one attached hydrogen (secondary N) is 1. The molecule has 0 saturated heterocycles. The number of allylic oxidation sites excluding steroid dienone is 1. The van der Waals surface area contributed by atoms with Crippen LogP contribution < -0.4 is 9.47 Å². The number of aromatic nitrogens is 2. The highest BCUT2D eigenvalue weighted by Crippen LogP contribution is 2.35. The number of nitrogens with zero attached hydrogens (tertiary/aromatic N) is 2. The zero-order valence-corrected chi connectivity index (χ0v) is 16.7. The van der Waals surface area contributed by atoms with Crippen LogP contribution in [0.15, 0.2) is 36.4 Å². The van der Waals surface area contributed by atoms with E-state index in [1.165, 1.54) is 0 Å². The van der Waals surface area contributed by atoms with Crippen molar-refractivity contribution in [3.63, 3.8) is 0 Å². The Morgan fingerprint density at radius 2 is 2.15 bits per heavy atom. The Labute approximate surface area is 165 Å². The highest BCUT2D eigenvalue weighted by molar-refractivity contribution is 14.1. The van der Waals surface area contributed by atoms with E-state index in [4.69, 9.17) is 9.47 Å². The molecule has 0 atom stereocenters. The predicted octanol–water partition coefficient (Wildman–Crippen LogP) is 5.03. The lowest BCUT2D eigenvalue weighted by molar-refractivity contribution is 0.292. The fourth-order valence-electron chi connectivity index (χ4n) is 2.57. The molecule has 1 N–H and O–H groups in total. The predicted molar refractivity (Wildman–Crippen MR) is 111 cm³/mol. The number of aromatic amines is 1. The molecule has 132 valence electrons. The van der Waals surface area contributed by atoms with Gasteiger partial charge in [-0.1, -0.05) is 19.1 Å². The molecule has 0 unspecified atom stereocenters. The van der Waals surface area contributed by atoms with Crippen LogP contribution in [0.5, 0.6) is 11.5 Å². The van der Waals surface area contributed by atoms with E-state index in [1.807, 2.05) is 36.4 Å². The second-order valence-corrected chi connectivity index (χ2v) is 6.82. The average molecular weight is 459 g/mol. The van der Waals surface area contributed by atoms with Crippen molar-refractivity contribution in [3.8, 4) is 17.6 Å². The lowest BCUT2D eigenvalue weighted by atomic mass is 10.1. The number of ether oxygens (including phenoxy) is 2. The second kappa shape index (κ2) is 8.23. The average Bonchev–Trinajstić information content (AvgIpc) is 3.08. The summed E-state index contributed by atoms with van der Waals surface area (Å²) in [6.07, 6.45) is 2.72. The summed E-state index contributed by atoms with van der Waals surface area (Å²) >= 11 is 2.22. The smallest absolute Gasteiger partial charge is 0.174 e. The maximum atomic E-state index is 9.60. The summed E-state index contributed by atoms with van der Waals surface area (Å²) in [5.74, 6) is 1.93. The van der Waals surface area contributed by atoms with Crippen LogP contribution in [-0.2, 0) is 0 Å². The highest BCUT2D eigenvalue weighted by atomic mass is 127. The summed E-state index contributed by atoms with van der Waals surface area (Å²) in [7, 11) is 1.61. The fraction of sp³-hybridized carbons (Fsp3) is 0.200. The van der Waals surface area contributed by atoms with Crippen LogP contribution in [0.1, 0.15) is 24.7 Å². The minimum Gasteiger partial charge on any atom is -0.493 e. The van der Waals surface area contributed by atoms with Crippen LogP contribution in [0.2, 0.25) is 0 Å². The molecule has 3 rings (SSSR count).